The van der Waals surface area contributed by atoms with Gasteiger partial charge < -0.3 is 14.7 Å². The molecule has 6 nitrogen and oxygen atoms in total. The summed E-state index contributed by atoms with van der Waals surface area (Å²) in [7, 11) is 0. The van der Waals surface area contributed by atoms with E-state index in [9.17, 15) is 14.0 Å². The van der Waals surface area contributed by atoms with Gasteiger partial charge in [-0.2, -0.15) is 0 Å². The zero-order valence-corrected chi connectivity index (χ0v) is 16.2. The van der Waals surface area contributed by atoms with E-state index in [1.54, 1.807) is 25.1 Å². The fourth-order valence-electron chi connectivity index (χ4n) is 2.47. The maximum Gasteiger partial charge on any atom is 0.308 e. The average molecular weight is 394 g/mol. The lowest BCUT2D eigenvalue weighted by molar-refractivity contribution is -0.141. The van der Waals surface area contributed by atoms with Crippen LogP contribution in [-0.4, -0.2) is 53.2 Å². The van der Waals surface area contributed by atoms with Crippen molar-refractivity contribution in [2.24, 2.45) is 5.92 Å². The molecule has 1 heterocycles. The summed E-state index contributed by atoms with van der Waals surface area (Å²) in [5.74, 6) is -2.37. The van der Waals surface area contributed by atoms with Crippen LogP contribution in [0.5, 0.6) is 0 Å². The number of carbonyl (C=O) groups is 2. The van der Waals surface area contributed by atoms with Gasteiger partial charge in [0.1, 0.15) is 15.7 Å². The Bertz CT molecular complexity index is 781. The van der Waals surface area contributed by atoms with Crippen molar-refractivity contribution in [2.45, 2.75) is 20.3 Å². The smallest absolute Gasteiger partial charge is 0.308 e. The summed E-state index contributed by atoms with van der Waals surface area (Å²) in [6.07, 6.45) is 2.01. The molecule has 2 rings (SSSR count). The number of hydrogen-bond acceptors (Lipinski definition) is 5. The van der Waals surface area contributed by atoms with Crippen molar-refractivity contribution in [3.63, 3.8) is 0 Å². The van der Waals surface area contributed by atoms with E-state index in [-0.39, 0.29) is 12.5 Å². The van der Waals surface area contributed by atoms with Crippen molar-refractivity contribution in [1.82, 2.24) is 9.88 Å². The third-order valence-electron chi connectivity index (χ3n) is 3.94. The number of carboxylic acids is 1. The second-order valence-corrected chi connectivity index (χ2v) is 7.08. The van der Waals surface area contributed by atoms with Gasteiger partial charge in [-0.15, -0.1) is 11.3 Å². The Labute approximate surface area is 161 Å². The number of nitrogens with zero attached hydrogens (tertiary/aromatic N) is 2. The van der Waals surface area contributed by atoms with Crippen molar-refractivity contribution in [1.29, 1.82) is 0 Å². The van der Waals surface area contributed by atoms with Crippen LogP contribution < -0.4 is 0 Å². The van der Waals surface area contributed by atoms with Crippen LogP contribution in [-0.2, 0) is 9.53 Å². The second kappa shape index (κ2) is 10.1. The van der Waals surface area contributed by atoms with Crippen molar-refractivity contribution in [3.8, 4) is 10.6 Å². The number of carbonyl (C=O) groups excluding carboxylic acids is 1. The highest BCUT2D eigenvalue weighted by atomic mass is 32.1. The third-order valence-corrected chi connectivity index (χ3v) is 4.96. The molecule has 1 unspecified atom stereocenters. The van der Waals surface area contributed by atoms with Crippen LogP contribution in [0.1, 0.15) is 29.9 Å². The SMILES string of the molecule is CCOCCCN(CC(C)C(=O)O)C(=O)c1cnc(-c2ccccc2F)s1. The van der Waals surface area contributed by atoms with Gasteiger partial charge in [-0.05, 0) is 25.5 Å². The predicted octanol–water partition coefficient (Wildman–Crippen LogP) is 3.54. The number of aromatic nitrogens is 1. The molecular formula is C19H23FN2O4S. The number of rotatable bonds is 10. The van der Waals surface area contributed by atoms with Gasteiger partial charge in [0, 0.05) is 31.9 Å². The molecule has 0 saturated heterocycles. The molecule has 0 aliphatic carbocycles. The van der Waals surface area contributed by atoms with Gasteiger partial charge in [0.15, 0.2) is 0 Å². The Morgan fingerprint density at radius 1 is 1.37 bits per heavy atom. The molecule has 8 heteroatoms. The van der Waals surface area contributed by atoms with Crippen molar-refractivity contribution < 1.29 is 23.8 Å². The van der Waals surface area contributed by atoms with E-state index >= 15 is 0 Å². The molecule has 2 aromatic rings. The number of benzene rings is 1. The molecule has 0 bridgehead atoms. The van der Waals surface area contributed by atoms with Gasteiger partial charge in [0.25, 0.3) is 5.91 Å². The maximum absolute atomic E-state index is 13.9. The Kier molecular flexibility index (Phi) is 7.87. The molecule has 1 aromatic heterocycles. The van der Waals surface area contributed by atoms with Crippen molar-refractivity contribution >= 4 is 23.2 Å². The fraction of sp³-hybridized carbons (Fsp3) is 0.421. The van der Waals surface area contributed by atoms with Gasteiger partial charge in [0.05, 0.1) is 12.1 Å². The molecule has 146 valence electrons. The van der Waals surface area contributed by atoms with E-state index in [1.807, 2.05) is 6.92 Å². The number of halogens is 1. The van der Waals surface area contributed by atoms with Gasteiger partial charge in [0.2, 0.25) is 0 Å². The van der Waals surface area contributed by atoms with Crippen LogP contribution in [0.15, 0.2) is 30.5 Å². The van der Waals surface area contributed by atoms with Crippen LogP contribution in [0, 0.1) is 11.7 Å². The largest absolute Gasteiger partial charge is 0.481 e. The lowest BCUT2D eigenvalue weighted by Crippen LogP contribution is -2.37. The first-order valence-electron chi connectivity index (χ1n) is 8.74. The Morgan fingerprint density at radius 2 is 2.11 bits per heavy atom. The third kappa shape index (κ3) is 5.83. The molecule has 27 heavy (non-hydrogen) atoms. The second-order valence-electron chi connectivity index (χ2n) is 6.05. The number of ether oxygens (including phenoxy) is 1. The van der Waals surface area contributed by atoms with Gasteiger partial charge in [-0.1, -0.05) is 19.1 Å². The van der Waals surface area contributed by atoms with Crippen LogP contribution in [0.3, 0.4) is 0 Å². The Hall–Kier alpha value is -2.32. The molecule has 1 amide bonds. The van der Waals surface area contributed by atoms with Crippen LogP contribution in [0.25, 0.3) is 10.6 Å². The number of thiazole rings is 1. The first-order valence-corrected chi connectivity index (χ1v) is 9.56. The minimum atomic E-state index is -0.964. The summed E-state index contributed by atoms with van der Waals surface area (Å²) >= 11 is 1.09. The van der Waals surface area contributed by atoms with E-state index in [0.717, 1.165) is 11.3 Å². The summed E-state index contributed by atoms with van der Waals surface area (Å²) in [5, 5.41) is 9.58. The van der Waals surface area contributed by atoms with E-state index in [1.165, 1.54) is 17.2 Å². The zero-order valence-electron chi connectivity index (χ0n) is 15.4. The first kappa shape index (κ1) is 21.0. The quantitative estimate of drug-likeness (QED) is 0.624. The number of carboxylic acid groups (broad SMARTS) is 1. The summed E-state index contributed by atoms with van der Waals surface area (Å²) in [5.41, 5.74) is 0.336. The lowest BCUT2D eigenvalue weighted by Gasteiger charge is -2.23. The number of amides is 1. The van der Waals surface area contributed by atoms with Crippen LogP contribution in [0.4, 0.5) is 4.39 Å². The molecule has 0 aliphatic rings. The van der Waals surface area contributed by atoms with Gasteiger partial charge in [-0.3, -0.25) is 9.59 Å². The first-order chi connectivity index (χ1) is 12.9. The Morgan fingerprint density at radius 3 is 2.78 bits per heavy atom. The monoisotopic (exact) mass is 394 g/mol. The van der Waals surface area contributed by atoms with E-state index < -0.39 is 17.7 Å². The van der Waals surface area contributed by atoms with Gasteiger partial charge >= 0.3 is 5.97 Å². The van der Waals surface area contributed by atoms with Crippen molar-refractivity contribution in [2.75, 3.05) is 26.3 Å². The highest BCUT2D eigenvalue weighted by Crippen LogP contribution is 2.28. The molecule has 0 spiro atoms. The molecule has 1 N–H and O–H groups in total. The van der Waals surface area contributed by atoms with E-state index in [4.69, 9.17) is 9.84 Å². The molecule has 1 aromatic carbocycles. The zero-order chi connectivity index (χ0) is 19.8. The molecule has 0 aliphatic heterocycles. The van der Waals surface area contributed by atoms with Crippen molar-refractivity contribution in [3.05, 3.63) is 41.2 Å². The molecule has 0 saturated carbocycles. The molecule has 0 fully saturated rings. The number of hydrogen-bond donors (Lipinski definition) is 1. The maximum atomic E-state index is 13.9. The predicted molar refractivity (Wildman–Crippen MR) is 101 cm³/mol. The molecular weight excluding hydrogens is 371 g/mol. The van der Waals surface area contributed by atoms with Gasteiger partial charge in [-0.25, -0.2) is 9.37 Å². The Balaban J connectivity index is 2.16. The highest BCUT2D eigenvalue weighted by molar-refractivity contribution is 7.16. The summed E-state index contributed by atoms with van der Waals surface area (Å²) in [4.78, 5) is 30.1. The summed E-state index contributed by atoms with van der Waals surface area (Å²) < 4.78 is 19.2. The molecule has 0 radical (unpaired) electrons. The summed E-state index contributed by atoms with van der Waals surface area (Å²) in [6.45, 7) is 4.99. The lowest BCUT2D eigenvalue weighted by atomic mass is 10.1. The topological polar surface area (TPSA) is 79.7 Å². The minimum Gasteiger partial charge on any atom is -0.481 e. The minimum absolute atomic E-state index is 0.0905. The van der Waals surface area contributed by atoms with Crippen LogP contribution in [0.2, 0.25) is 0 Å². The van der Waals surface area contributed by atoms with Crippen LogP contribution >= 0.6 is 11.3 Å². The highest BCUT2D eigenvalue weighted by Gasteiger charge is 2.23. The normalized spacial score (nSPS) is 12.0. The standard InChI is InChI=1S/C19H23FN2O4S/c1-3-26-10-6-9-22(12-13(2)19(24)25)18(23)16-11-21-17(27-16)14-7-4-5-8-15(14)20/h4-5,7-8,11,13H,3,6,9-10,12H2,1-2H3,(H,24,25). The molecule has 1 atom stereocenters. The summed E-state index contributed by atoms with van der Waals surface area (Å²) in [6, 6.07) is 6.24. The average Bonchev–Trinajstić information content (AvgIpc) is 3.13. The fourth-order valence-corrected chi connectivity index (χ4v) is 3.39. The number of aliphatic carboxylic acids is 1. The van der Waals surface area contributed by atoms with E-state index in [2.05, 4.69) is 4.98 Å². The van der Waals surface area contributed by atoms with E-state index in [0.29, 0.717) is 41.6 Å².